The number of hydrogen-bond donors (Lipinski definition) is 2. The van der Waals surface area contributed by atoms with Gasteiger partial charge in [0.05, 0.1) is 0 Å². The molecule has 0 heterocycles. The number of alkyl carbamates (subject to hydrolysis) is 2. The maximum atomic E-state index is 11.6. The van der Waals surface area contributed by atoms with E-state index in [0.29, 0.717) is 19.7 Å². The van der Waals surface area contributed by atoms with Gasteiger partial charge in [-0.1, -0.05) is 60.9 Å². The van der Waals surface area contributed by atoms with Gasteiger partial charge < -0.3 is 20.1 Å². The second kappa shape index (κ2) is 15.3. The number of carbonyl (C=O) groups is 2. The first-order valence-electron chi connectivity index (χ1n) is 9.77. The summed E-state index contributed by atoms with van der Waals surface area (Å²) >= 11 is 0. The van der Waals surface area contributed by atoms with Crippen LogP contribution in [0.4, 0.5) is 9.59 Å². The summed E-state index contributed by atoms with van der Waals surface area (Å²) in [6.45, 7) is 5.64. The Bertz CT molecular complexity index is 624. The summed E-state index contributed by atoms with van der Waals surface area (Å²) in [5, 5.41) is 5.44. The molecule has 2 amide bonds. The molecule has 0 aliphatic rings. The Hall–Kier alpha value is -2.76. The molecule has 0 saturated heterocycles. The highest BCUT2D eigenvalue weighted by Gasteiger charge is 2.00. The van der Waals surface area contributed by atoms with E-state index >= 15 is 0 Å². The summed E-state index contributed by atoms with van der Waals surface area (Å²) in [6.07, 6.45) is 10.3. The molecule has 154 valence electrons. The van der Waals surface area contributed by atoms with Crippen molar-refractivity contribution in [3.63, 3.8) is 0 Å². The van der Waals surface area contributed by atoms with Crippen LogP contribution in [0, 0.1) is 6.92 Å². The number of nitrogens with one attached hydrogen (secondary N) is 2. The molecule has 0 unspecified atom stereocenters. The Labute approximate surface area is 168 Å². The van der Waals surface area contributed by atoms with Crippen molar-refractivity contribution in [1.29, 1.82) is 0 Å². The van der Waals surface area contributed by atoms with Crippen LogP contribution in [0.3, 0.4) is 0 Å². The Balaban J connectivity index is 1.93. The molecule has 6 nitrogen and oxygen atoms in total. The van der Waals surface area contributed by atoms with E-state index in [1.54, 1.807) is 6.08 Å². The second-order valence-electron chi connectivity index (χ2n) is 6.35. The minimum absolute atomic E-state index is 0.246. The molecule has 0 aliphatic heterocycles. The van der Waals surface area contributed by atoms with E-state index in [4.69, 9.17) is 9.47 Å². The number of benzene rings is 1. The van der Waals surface area contributed by atoms with Gasteiger partial charge in [0.2, 0.25) is 0 Å². The van der Waals surface area contributed by atoms with Crippen LogP contribution < -0.4 is 10.6 Å². The standard InChI is InChI=1S/C22H32N2O4/c1-3-4-17-27-21(25)23-15-7-5-6-8-16-24-22(26)28-18-9-10-20-13-11-19(2)12-14-20/h3-4,9-14H,5-8,15-18H2,1-2H3,(H,23,25)(H,24,26)/b4-3+,10-9+. The zero-order valence-corrected chi connectivity index (χ0v) is 16.9. The Kier molecular flexibility index (Phi) is 12.7. The Morgan fingerprint density at radius 1 is 0.857 bits per heavy atom. The molecule has 0 aromatic heterocycles. The first-order valence-corrected chi connectivity index (χ1v) is 9.77. The lowest BCUT2D eigenvalue weighted by atomic mass is 10.1. The molecular formula is C22H32N2O4. The molecule has 6 heteroatoms. The van der Waals surface area contributed by atoms with Gasteiger partial charge in [-0.05, 0) is 38.3 Å². The fourth-order valence-corrected chi connectivity index (χ4v) is 2.29. The minimum atomic E-state index is -0.404. The maximum Gasteiger partial charge on any atom is 0.407 e. The molecule has 0 atom stereocenters. The smallest absolute Gasteiger partial charge is 0.407 e. The van der Waals surface area contributed by atoms with Gasteiger partial charge in [-0.3, -0.25) is 0 Å². The van der Waals surface area contributed by atoms with Gasteiger partial charge in [0.15, 0.2) is 0 Å². The van der Waals surface area contributed by atoms with E-state index in [1.165, 1.54) is 5.56 Å². The van der Waals surface area contributed by atoms with Gasteiger partial charge in [-0.25, -0.2) is 9.59 Å². The van der Waals surface area contributed by atoms with Crippen molar-refractivity contribution in [3.05, 3.63) is 53.6 Å². The predicted molar refractivity (Wildman–Crippen MR) is 112 cm³/mol. The third kappa shape index (κ3) is 12.6. The average Bonchev–Trinajstić information content (AvgIpc) is 2.69. The van der Waals surface area contributed by atoms with Crippen LogP contribution in [0.2, 0.25) is 0 Å². The van der Waals surface area contributed by atoms with Crippen LogP contribution in [0.25, 0.3) is 6.08 Å². The summed E-state index contributed by atoms with van der Waals surface area (Å²) in [5.41, 5.74) is 2.29. The van der Waals surface area contributed by atoms with E-state index in [9.17, 15) is 9.59 Å². The van der Waals surface area contributed by atoms with Crippen molar-refractivity contribution in [1.82, 2.24) is 10.6 Å². The van der Waals surface area contributed by atoms with Gasteiger partial charge >= 0.3 is 12.2 Å². The highest BCUT2D eigenvalue weighted by atomic mass is 16.6. The van der Waals surface area contributed by atoms with Crippen LogP contribution in [0.15, 0.2) is 42.5 Å². The van der Waals surface area contributed by atoms with Crippen molar-refractivity contribution in [2.45, 2.75) is 39.5 Å². The number of hydrogen-bond acceptors (Lipinski definition) is 4. The largest absolute Gasteiger partial charge is 0.445 e. The van der Waals surface area contributed by atoms with Crippen LogP contribution in [0.5, 0.6) is 0 Å². The zero-order valence-electron chi connectivity index (χ0n) is 16.9. The molecule has 1 rings (SSSR count). The molecule has 2 N–H and O–H groups in total. The zero-order chi connectivity index (χ0) is 20.5. The Morgan fingerprint density at radius 3 is 1.93 bits per heavy atom. The van der Waals surface area contributed by atoms with Gasteiger partial charge in [-0.2, -0.15) is 0 Å². The highest BCUT2D eigenvalue weighted by Crippen LogP contribution is 2.04. The molecule has 1 aromatic rings. The summed E-state index contributed by atoms with van der Waals surface area (Å²) in [5.74, 6) is 0. The predicted octanol–water partition coefficient (Wildman–Crippen LogP) is 4.60. The van der Waals surface area contributed by atoms with Gasteiger partial charge in [0, 0.05) is 13.1 Å². The SMILES string of the molecule is C/C=C/COC(=O)NCCCCCCNC(=O)OC/C=C/c1ccc(C)cc1. The summed E-state index contributed by atoms with van der Waals surface area (Å²) in [7, 11) is 0. The number of rotatable bonds is 12. The van der Waals surface area contributed by atoms with Crippen LogP contribution in [-0.4, -0.2) is 38.5 Å². The van der Waals surface area contributed by atoms with Crippen molar-refractivity contribution in [3.8, 4) is 0 Å². The fourth-order valence-electron chi connectivity index (χ4n) is 2.29. The second-order valence-corrected chi connectivity index (χ2v) is 6.35. The third-order valence-corrected chi connectivity index (χ3v) is 3.89. The molecule has 28 heavy (non-hydrogen) atoms. The number of carbonyl (C=O) groups excluding carboxylic acids is 2. The molecule has 0 bridgehead atoms. The van der Waals surface area contributed by atoms with Crippen LogP contribution in [-0.2, 0) is 9.47 Å². The average molecular weight is 389 g/mol. The van der Waals surface area contributed by atoms with Crippen molar-refractivity contribution < 1.29 is 19.1 Å². The van der Waals surface area contributed by atoms with E-state index < -0.39 is 6.09 Å². The third-order valence-electron chi connectivity index (χ3n) is 3.89. The Morgan fingerprint density at radius 2 is 1.39 bits per heavy atom. The van der Waals surface area contributed by atoms with Gasteiger partial charge in [0.25, 0.3) is 0 Å². The summed E-state index contributed by atoms with van der Waals surface area (Å²) < 4.78 is 10.0. The molecule has 0 fully saturated rings. The van der Waals surface area contributed by atoms with Gasteiger partial charge in [0.1, 0.15) is 13.2 Å². The number of ether oxygens (including phenoxy) is 2. The first kappa shape index (κ1) is 23.3. The van der Waals surface area contributed by atoms with Crippen LogP contribution >= 0.6 is 0 Å². The molecule has 1 aromatic carbocycles. The molecule has 0 saturated carbocycles. The lowest BCUT2D eigenvalue weighted by molar-refractivity contribution is 0.157. The quantitative estimate of drug-likeness (QED) is 0.405. The number of aryl methyl sites for hydroxylation is 1. The van der Waals surface area contributed by atoms with Crippen molar-refractivity contribution in [2.75, 3.05) is 26.3 Å². The van der Waals surface area contributed by atoms with E-state index in [2.05, 4.69) is 10.6 Å². The van der Waals surface area contributed by atoms with E-state index in [-0.39, 0.29) is 12.7 Å². The lowest BCUT2D eigenvalue weighted by Crippen LogP contribution is -2.26. The highest BCUT2D eigenvalue weighted by molar-refractivity contribution is 5.67. The molecule has 0 spiro atoms. The maximum absolute atomic E-state index is 11.6. The molecule has 0 radical (unpaired) electrons. The summed E-state index contributed by atoms with van der Waals surface area (Å²) in [6, 6.07) is 8.13. The van der Waals surface area contributed by atoms with Gasteiger partial charge in [-0.15, -0.1) is 0 Å². The van der Waals surface area contributed by atoms with Crippen LogP contribution in [0.1, 0.15) is 43.7 Å². The first-order chi connectivity index (χ1) is 13.6. The molecular weight excluding hydrogens is 356 g/mol. The van der Waals surface area contributed by atoms with E-state index in [1.807, 2.05) is 56.3 Å². The fraction of sp³-hybridized carbons (Fsp3) is 0.455. The normalized spacial score (nSPS) is 10.9. The van der Waals surface area contributed by atoms with E-state index in [0.717, 1.165) is 31.2 Å². The number of amides is 2. The summed E-state index contributed by atoms with van der Waals surface area (Å²) in [4.78, 5) is 22.9. The lowest BCUT2D eigenvalue weighted by Gasteiger charge is -2.06. The minimum Gasteiger partial charge on any atom is -0.445 e. The molecule has 0 aliphatic carbocycles. The van der Waals surface area contributed by atoms with Crippen molar-refractivity contribution in [2.24, 2.45) is 0 Å². The number of unbranched alkanes of at least 4 members (excludes halogenated alkanes) is 3. The van der Waals surface area contributed by atoms with Crippen molar-refractivity contribution >= 4 is 18.3 Å². The number of allylic oxidation sites excluding steroid dienone is 1. The monoisotopic (exact) mass is 388 g/mol. The topological polar surface area (TPSA) is 76.7 Å².